The Hall–Kier alpha value is -4.13. The number of hydrogen-bond acceptors (Lipinski definition) is 0. The Bertz CT molecular complexity index is 1900. The van der Waals surface area contributed by atoms with Gasteiger partial charge in [-0.2, -0.15) is 0 Å². The van der Waals surface area contributed by atoms with Crippen molar-refractivity contribution in [2.45, 2.75) is 0 Å². The average molecular weight is 465 g/mol. The molecule has 0 aromatic heterocycles. The summed E-state index contributed by atoms with van der Waals surface area (Å²) in [7, 11) is 0. The lowest BCUT2D eigenvalue weighted by Crippen LogP contribution is -1.87. The molecule has 0 aliphatic rings. The first-order valence-corrected chi connectivity index (χ1v) is 12.3. The standard InChI is InChI=1S/C34H21Cl/c35-26-16-13-22(14-17-26)33-21-25-19-24(15-18-28(25)30-10-4-5-11-31(30)33)34-20-23-7-1-2-8-27(23)29-9-3-6-12-32(29)34/h1-21H. The van der Waals surface area contributed by atoms with E-state index in [2.05, 4.69) is 115 Å². The third-order valence-corrected chi connectivity index (χ3v) is 7.35. The molecule has 0 N–H and O–H groups in total. The summed E-state index contributed by atoms with van der Waals surface area (Å²) in [6.45, 7) is 0. The fourth-order valence-electron chi connectivity index (χ4n) is 5.44. The molecule has 7 aromatic carbocycles. The number of fused-ring (bicyclic) bond motifs is 6. The minimum atomic E-state index is 0.754. The van der Waals surface area contributed by atoms with Crippen LogP contribution in [0.3, 0.4) is 0 Å². The Balaban J connectivity index is 1.53. The average Bonchev–Trinajstić information content (AvgIpc) is 2.92. The molecule has 0 bridgehead atoms. The van der Waals surface area contributed by atoms with Crippen molar-refractivity contribution < 1.29 is 0 Å². The van der Waals surface area contributed by atoms with Gasteiger partial charge in [-0.05, 0) is 95.7 Å². The molecule has 0 radical (unpaired) electrons. The highest BCUT2D eigenvalue weighted by Gasteiger charge is 2.12. The highest BCUT2D eigenvalue weighted by molar-refractivity contribution is 6.30. The minimum Gasteiger partial charge on any atom is -0.0843 e. The maximum Gasteiger partial charge on any atom is 0.0406 e. The van der Waals surface area contributed by atoms with Gasteiger partial charge in [0.05, 0.1) is 0 Å². The normalized spacial score (nSPS) is 11.6. The summed E-state index contributed by atoms with van der Waals surface area (Å²) in [6.07, 6.45) is 0. The smallest absolute Gasteiger partial charge is 0.0406 e. The van der Waals surface area contributed by atoms with Gasteiger partial charge in [-0.1, -0.05) is 109 Å². The van der Waals surface area contributed by atoms with Crippen LogP contribution < -0.4 is 0 Å². The first-order chi connectivity index (χ1) is 17.3. The molecule has 0 atom stereocenters. The van der Waals surface area contributed by atoms with Crippen molar-refractivity contribution >= 4 is 54.7 Å². The maximum absolute atomic E-state index is 6.19. The number of benzene rings is 7. The quantitative estimate of drug-likeness (QED) is 0.223. The van der Waals surface area contributed by atoms with Crippen LogP contribution in [-0.2, 0) is 0 Å². The van der Waals surface area contributed by atoms with E-state index in [9.17, 15) is 0 Å². The van der Waals surface area contributed by atoms with E-state index in [4.69, 9.17) is 11.6 Å². The van der Waals surface area contributed by atoms with Crippen LogP contribution in [0.5, 0.6) is 0 Å². The molecular weight excluding hydrogens is 444 g/mol. The van der Waals surface area contributed by atoms with Crippen molar-refractivity contribution in [2.75, 3.05) is 0 Å². The molecule has 0 spiro atoms. The van der Waals surface area contributed by atoms with Gasteiger partial charge in [-0.25, -0.2) is 0 Å². The molecule has 0 saturated carbocycles. The fourth-order valence-corrected chi connectivity index (χ4v) is 5.57. The summed E-state index contributed by atoms with van der Waals surface area (Å²) in [5.74, 6) is 0. The van der Waals surface area contributed by atoms with Crippen molar-refractivity contribution in [1.82, 2.24) is 0 Å². The van der Waals surface area contributed by atoms with Crippen LogP contribution in [0.4, 0.5) is 0 Å². The van der Waals surface area contributed by atoms with Gasteiger partial charge in [-0.15, -0.1) is 0 Å². The van der Waals surface area contributed by atoms with Gasteiger partial charge in [0.15, 0.2) is 0 Å². The molecule has 0 nitrogen and oxygen atoms in total. The van der Waals surface area contributed by atoms with Crippen LogP contribution in [0.25, 0.3) is 65.3 Å². The zero-order chi connectivity index (χ0) is 23.4. The first kappa shape index (κ1) is 20.3. The van der Waals surface area contributed by atoms with Gasteiger partial charge < -0.3 is 0 Å². The Morgan fingerprint density at radius 3 is 1.51 bits per heavy atom. The molecule has 1 heteroatoms. The monoisotopic (exact) mass is 464 g/mol. The number of halogens is 1. The van der Waals surface area contributed by atoms with Gasteiger partial charge in [-0.3, -0.25) is 0 Å². The van der Waals surface area contributed by atoms with Crippen LogP contribution in [0.15, 0.2) is 127 Å². The second-order valence-corrected chi connectivity index (χ2v) is 9.54. The summed E-state index contributed by atoms with van der Waals surface area (Å²) in [4.78, 5) is 0. The highest BCUT2D eigenvalue weighted by atomic mass is 35.5. The summed E-state index contributed by atoms with van der Waals surface area (Å²) >= 11 is 6.19. The van der Waals surface area contributed by atoms with Crippen molar-refractivity contribution in [3.63, 3.8) is 0 Å². The Morgan fingerprint density at radius 1 is 0.343 bits per heavy atom. The van der Waals surface area contributed by atoms with Gasteiger partial charge in [0, 0.05) is 5.02 Å². The van der Waals surface area contributed by atoms with Crippen LogP contribution in [0, 0.1) is 0 Å². The predicted molar refractivity (Wildman–Crippen MR) is 152 cm³/mol. The van der Waals surface area contributed by atoms with E-state index in [0.717, 1.165) is 5.02 Å². The van der Waals surface area contributed by atoms with Crippen molar-refractivity contribution in [3.05, 3.63) is 132 Å². The largest absolute Gasteiger partial charge is 0.0843 e. The molecule has 0 aliphatic carbocycles. The third kappa shape index (κ3) is 3.30. The first-order valence-electron chi connectivity index (χ1n) is 11.9. The molecule has 0 aliphatic heterocycles. The number of hydrogen-bond donors (Lipinski definition) is 0. The van der Waals surface area contributed by atoms with E-state index in [1.54, 1.807) is 0 Å². The van der Waals surface area contributed by atoms with E-state index >= 15 is 0 Å². The topological polar surface area (TPSA) is 0 Å². The van der Waals surface area contributed by atoms with Crippen molar-refractivity contribution in [3.8, 4) is 22.3 Å². The molecule has 0 fully saturated rings. The molecular formula is C34H21Cl. The molecule has 7 rings (SSSR count). The molecule has 0 amide bonds. The van der Waals surface area contributed by atoms with E-state index in [0.29, 0.717) is 0 Å². The lowest BCUT2D eigenvalue weighted by molar-refractivity contribution is 1.66. The SMILES string of the molecule is Clc1ccc(-c2cc3cc(-c4cc5ccccc5c5ccccc45)ccc3c3ccccc23)cc1. The van der Waals surface area contributed by atoms with Crippen LogP contribution >= 0.6 is 11.6 Å². The zero-order valence-corrected chi connectivity index (χ0v) is 19.8. The Morgan fingerprint density at radius 2 is 0.829 bits per heavy atom. The van der Waals surface area contributed by atoms with Crippen LogP contribution in [0.1, 0.15) is 0 Å². The predicted octanol–water partition coefficient (Wildman–Crippen LogP) is 10.3. The van der Waals surface area contributed by atoms with Gasteiger partial charge >= 0.3 is 0 Å². The molecule has 35 heavy (non-hydrogen) atoms. The molecule has 164 valence electrons. The van der Waals surface area contributed by atoms with Crippen LogP contribution in [0.2, 0.25) is 5.02 Å². The Kier molecular flexibility index (Phi) is 4.62. The zero-order valence-electron chi connectivity index (χ0n) is 19.0. The summed E-state index contributed by atoms with van der Waals surface area (Å²) in [5.41, 5.74) is 4.90. The Labute approximate surface area is 209 Å². The molecule has 0 heterocycles. The van der Waals surface area contributed by atoms with Gasteiger partial charge in [0.25, 0.3) is 0 Å². The van der Waals surface area contributed by atoms with Crippen molar-refractivity contribution in [1.29, 1.82) is 0 Å². The number of rotatable bonds is 2. The lowest BCUT2D eigenvalue weighted by Gasteiger charge is -2.14. The maximum atomic E-state index is 6.19. The van der Waals surface area contributed by atoms with E-state index in [1.165, 1.54) is 65.3 Å². The van der Waals surface area contributed by atoms with Crippen molar-refractivity contribution in [2.24, 2.45) is 0 Å². The summed E-state index contributed by atoms with van der Waals surface area (Å²) < 4.78 is 0. The fraction of sp³-hybridized carbons (Fsp3) is 0. The highest BCUT2D eigenvalue weighted by Crippen LogP contribution is 2.39. The van der Waals surface area contributed by atoms with Gasteiger partial charge in [0.1, 0.15) is 0 Å². The minimum absolute atomic E-state index is 0.754. The lowest BCUT2D eigenvalue weighted by atomic mass is 9.89. The van der Waals surface area contributed by atoms with Crippen LogP contribution in [-0.4, -0.2) is 0 Å². The molecule has 7 aromatic rings. The summed E-state index contributed by atoms with van der Waals surface area (Å²) in [5, 5.41) is 10.9. The summed E-state index contributed by atoms with van der Waals surface area (Å²) in [6, 6.07) is 45.8. The second kappa shape index (κ2) is 7.98. The second-order valence-electron chi connectivity index (χ2n) is 9.10. The van der Waals surface area contributed by atoms with E-state index in [1.807, 2.05) is 12.1 Å². The molecule has 0 unspecified atom stereocenters. The van der Waals surface area contributed by atoms with E-state index in [-0.39, 0.29) is 0 Å². The molecule has 0 saturated heterocycles. The van der Waals surface area contributed by atoms with E-state index < -0.39 is 0 Å². The third-order valence-electron chi connectivity index (χ3n) is 7.09. The van der Waals surface area contributed by atoms with Gasteiger partial charge in [0.2, 0.25) is 0 Å².